The topological polar surface area (TPSA) is 104 Å². The number of benzene rings is 1. The number of rotatable bonds is 5. The Morgan fingerprint density at radius 1 is 1.10 bits per heavy atom. The molecule has 6 nitrogen and oxygen atoms in total. The molecule has 3 N–H and O–H groups in total. The molecule has 0 radical (unpaired) electrons. The summed E-state index contributed by atoms with van der Waals surface area (Å²) in [5.74, 6) is -3.97. The van der Waals surface area contributed by atoms with Gasteiger partial charge in [0, 0.05) is 5.56 Å². The number of amides is 1. The lowest BCUT2D eigenvalue weighted by atomic mass is 10.1. The van der Waals surface area contributed by atoms with Crippen LogP contribution in [0.25, 0.3) is 0 Å². The van der Waals surface area contributed by atoms with E-state index in [2.05, 4.69) is 0 Å². The number of hydrogen-bond acceptors (Lipinski definition) is 3. The normalized spacial score (nSPS) is 12.5. The fourth-order valence-corrected chi connectivity index (χ4v) is 1.43. The molecule has 1 atom stereocenters. The largest absolute Gasteiger partial charge is 0.481 e. The van der Waals surface area contributed by atoms with Crippen LogP contribution < -0.4 is 5.32 Å². The van der Waals surface area contributed by atoms with Crippen molar-refractivity contribution in [3.05, 3.63) is 35.4 Å². The number of nitrogens with one attached hydrogen (secondary N) is 1. The quantitative estimate of drug-likeness (QED) is 0.762. The Labute approximate surface area is 116 Å². The lowest BCUT2D eigenvalue weighted by Crippen LogP contribution is -2.42. The molecule has 9 heteroatoms. The van der Waals surface area contributed by atoms with Crippen molar-refractivity contribution in [1.82, 2.24) is 5.32 Å². The highest BCUT2D eigenvalue weighted by molar-refractivity contribution is 5.97. The third-order valence-corrected chi connectivity index (χ3v) is 2.46. The van der Waals surface area contributed by atoms with Crippen LogP contribution in [0.2, 0.25) is 0 Å². The van der Waals surface area contributed by atoms with Gasteiger partial charge in [0.2, 0.25) is 0 Å². The minimum absolute atomic E-state index is 0.209. The average molecular weight is 305 g/mol. The van der Waals surface area contributed by atoms with Crippen molar-refractivity contribution in [2.24, 2.45) is 0 Å². The maximum atomic E-state index is 12.3. The zero-order valence-electron chi connectivity index (χ0n) is 10.3. The van der Waals surface area contributed by atoms with Crippen molar-refractivity contribution in [2.75, 3.05) is 0 Å². The van der Waals surface area contributed by atoms with Crippen LogP contribution in [0.1, 0.15) is 22.3 Å². The molecule has 0 aliphatic heterocycles. The van der Waals surface area contributed by atoms with E-state index in [1.807, 2.05) is 5.32 Å². The van der Waals surface area contributed by atoms with Gasteiger partial charge in [-0.05, 0) is 24.3 Å². The summed E-state index contributed by atoms with van der Waals surface area (Å²) >= 11 is 0. The summed E-state index contributed by atoms with van der Waals surface area (Å²) in [6, 6.07) is 1.41. The Balaban J connectivity index is 2.83. The third-order valence-electron chi connectivity index (χ3n) is 2.46. The number of alkyl halides is 3. The molecule has 0 aromatic heterocycles. The van der Waals surface area contributed by atoms with Crippen molar-refractivity contribution in [3.63, 3.8) is 0 Å². The first-order valence-corrected chi connectivity index (χ1v) is 5.54. The van der Waals surface area contributed by atoms with Crippen LogP contribution in [-0.2, 0) is 15.8 Å². The zero-order chi connectivity index (χ0) is 16.2. The number of carbonyl (C=O) groups excluding carboxylic acids is 1. The van der Waals surface area contributed by atoms with Gasteiger partial charge in [0.1, 0.15) is 6.04 Å². The molecule has 0 fully saturated rings. The number of carboxylic acid groups (broad SMARTS) is 2. The Hall–Kier alpha value is -2.58. The minimum Gasteiger partial charge on any atom is -0.481 e. The van der Waals surface area contributed by atoms with Crippen molar-refractivity contribution >= 4 is 17.8 Å². The molecule has 0 saturated heterocycles. The van der Waals surface area contributed by atoms with Crippen LogP contribution in [0.5, 0.6) is 0 Å². The van der Waals surface area contributed by atoms with E-state index in [1.54, 1.807) is 0 Å². The first kappa shape index (κ1) is 16.5. The predicted molar refractivity (Wildman–Crippen MR) is 62.6 cm³/mol. The van der Waals surface area contributed by atoms with Crippen LogP contribution in [0.3, 0.4) is 0 Å². The maximum Gasteiger partial charge on any atom is 0.416 e. The molecule has 0 aliphatic carbocycles. The highest BCUT2D eigenvalue weighted by Gasteiger charge is 2.30. The average Bonchev–Trinajstić information content (AvgIpc) is 2.36. The van der Waals surface area contributed by atoms with E-state index in [1.165, 1.54) is 0 Å². The molecule has 0 unspecified atom stereocenters. The molecule has 0 aliphatic rings. The monoisotopic (exact) mass is 305 g/mol. The molecule has 1 aromatic carbocycles. The Morgan fingerprint density at radius 3 is 2.00 bits per heavy atom. The first-order valence-electron chi connectivity index (χ1n) is 5.54. The van der Waals surface area contributed by atoms with Gasteiger partial charge in [-0.3, -0.25) is 9.59 Å². The van der Waals surface area contributed by atoms with Crippen molar-refractivity contribution in [3.8, 4) is 0 Å². The predicted octanol–water partition coefficient (Wildman–Crippen LogP) is 1.36. The second-order valence-electron chi connectivity index (χ2n) is 4.04. The van der Waals surface area contributed by atoms with E-state index in [0.717, 1.165) is 12.1 Å². The van der Waals surface area contributed by atoms with E-state index in [0.29, 0.717) is 12.1 Å². The SMILES string of the molecule is O=C(O)C[C@H](NC(=O)c1ccc(C(F)(F)F)cc1)C(=O)O. The van der Waals surface area contributed by atoms with Gasteiger partial charge in [-0.2, -0.15) is 13.2 Å². The van der Waals surface area contributed by atoms with Crippen molar-refractivity contribution in [1.29, 1.82) is 0 Å². The summed E-state index contributed by atoms with van der Waals surface area (Å²) in [7, 11) is 0. The fourth-order valence-electron chi connectivity index (χ4n) is 1.43. The highest BCUT2D eigenvalue weighted by Crippen LogP contribution is 2.29. The lowest BCUT2D eigenvalue weighted by molar-refractivity contribution is -0.145. The number of hydrogen-bond donors (Lipinski definition) is 3. The van der Waals surface area contributed by atoms with Gasteiger partial charge >= 0.3 is 18.1 Å². The summed E-state index contributed by atoms with van der Waals surface area (Å²) in [4.78, 5) is 32.9. The first-order chi connectivity index (χ1) is 9.61. The molecular formula is C12H10F3NO5. The van der Waals surface area contributed by atoms with Gasteiger partial charge in [-0.15, -0.1) is 0 Å². The second-order valence-corrected chi connectivity index (χ2v) is 4.04. The molecule has 1 rings (SSSR count). The Morgan fingerprint density at radius 2 is 1.62 bits per heavy atom. The molecule has 1 amide bonds. The molecule has 0 bridgehead atoms. The summed E-state index contributed by atoms with van der Waals surface area (Å²) in [6.07, 6.45) is -5.40. The summed E-state index contributed by atoms with van der Waals surface area (Å²) < 4.78 is 37.0. The standard InChI is InChI=1S/C12H10F3NO5/c13-12(14,15)7-3-1-6(2-4-7)10(19)16-8(11(20)21)5-9(17)18/h1-4,8H,5H2,(H,16,19)(H,17,18)(H,20,21)/t8-/m0/s1. The number of halogens is 3. The summed E-state index contributed by atoms with van der Waals surface area (Å²) in [6.45, 7) is 0. The van der Waals surface area contributed by atoms with Crippen molar-refractivity contribution < 1.29 is 37.8 Å². The van der Waals surface area contributed by atoms with E-state index in [4.69, 9.17) is 10.2 Å². The van der Waals surface area contributed by atoms with E-state index < -0.39 is 42.0 Å². The molecule has 0 saturated carbocycles. The Kier molecular flexibility index (Phi) is 4.90. The van der Waals surface area contributed by atoms with E-state index in [9.17, 15) is 27.6 Å². The van der Waals surface area contributed by atoms with Crippen LogP contribution in [-0.4, -0.2) is 34.1 Å². The molecule has 0 spiro atoms. The molecule has 21 heavy (non-hydrogen) atoms. The maximum absolute atomic E-state index is 12.3. The van der Waals surface area contributed by atoms with Gasteiger partial charge in [-0.1, -0.05) is 0 Å². The highest BCUT2D eigenvalue weighted by atomic mass is 19.4. The third kappa shape index (κ3) is 4.79. The van der Waals surface area contributed by atoms with Crippen LogP contribution in [0.4, 0.5) is 13.2 Å². The molecule has 114 valence electrons. The number of carbonyl (C=O) groups is 3. The van der Waals surface area contributed by atoms with Gasteiger partial charge in [0.25, 0.3) is 5.91 Å². The second kappa shape index (κ2) is 6.25. The molecular weight excluding hydrogens is 295 g/mol. The molecule has 0 heterocycles. The summed E-state index contributed by atoms with van der Waals surface area (Å²) in [5.41, 5.74) is -1.17. The van der Waals surface area contributed by atoms with Crippen molar-refractivity contribution in [2.45, 2.75) is 18.6 Å². The van der Waals surface area contributed by atoms with E-state index in [-0.39, 0.29) is 5.56 Å². The van der Waals surface area contributed by atoms with Crippen LogP contribution in [0.15, 0.2) is 24.3 Å². The lowest BCUT2D eigenvalue weighted by Gasteiger charge is -2.13. The number of aliphatic carboxylic acids is 2. The number of carboxylic acids is 2. The van der Waals surface area contributed by atoms with Gasteiger partial charge in [0.15, 0.2) is 0 Å². The minimum atomic E-state index is -4.55. The Bertz CT molecular complexity index is 553. The van der Waals surface area contributed by atoms with Gasteiger partial charge in [-0.25, -0.2) is 4.79 Å². The zero-order valence-corrected chi connectivity index (χ0v) is 10.3. The van der Waals surface area contributed by atoms with Gasteiger partial charge in [0.05, 0.1) is 12.0 Å². The summed E-state index contributed by atoms with van der Waals surface area (Å²) in [5, 5.41) is 19.2. The fraction of sp³-hybridized carbons (Fsp3) is 0.250. The molecule has 1 aromatic rings. The van der Waals surface area contributed by atoms with E-state index >= 15 is 0 Å². The smallest absolute Gasteiger partial charge is 0.416 e. The van der Waals surface area contributed by atoms with Gasteiger partial charge < -0.3 is 15.5 Å². The van der Waals surface area contributed by atoms with Crippen LogP contribution >= 0.6 is 0 Å². The van der Waals surface area contributed by atoms with Crippen LogP contribution in [0, 0.1) is 0 Å².